The molecule has 2 aliphatic rings. The van der Waals surface area contributed by atoms with Gasteiger partial charge in [0.05, 0.1) is 5.69 Å². The number of carbonyl (C=O) groups is 1. The fourth-order valence-corrected chi connectivity index (χ4v) is 4.96. The maximum absolute atomic E-state index is 12.7. The molecular weight excluding hydrogens is 402 g/mol. The Morgan fingerprint density at radius 2 is 1.75 bits per heavy atom. The zero-order chi connectivity index (χ0) is 21.9. The highest BCUT2D eigenvalue weighted by Crippen LogP contribution is 2.28. The lowest BCUT2D eigenvalue weighted by molar-refractivity contribution is -0.131. The van der Waals surface area contributed by atoms with Gasteiger partial charge in [-0.3, -0.25) is 4.79 Å². The van der Waals surface area contributed by atoms with E-state index in [9.17, 15) is 4.79 Å². The third-order valence-electron chi connectivity index (χ3n) is 6.92. The fraction of sp³-hybridized carbons (Fsp3) is 0.542. The topological polar surface area (TPSA) is 80.0 Å². The standard InChI is InChI=1S/C24H31N7O/c1-18-7-10-20(11-8-18)31-24-22(27-28-31)23(25-17-26-24)30-15-13-29(14-16-30)21(32)12-9-19-5-3-2-4-6-19/h7-8,10-11,17,19H,2-6,9,12-16H2,1H3. The van der Waals surface area contributed by atoms with Crippen LogP contribution in [0.4, 0.5) is 5.82 Å². The van der Waals surface area contributed by atoms with E-state index in [1.165, 1.54) is 37.7 Å². The Morgan fingerprint density at radius 1 is 1.00 bits per heavy atom. The quantitative estimate of drug-likeness (QED) is 0.612. The van der Waals surface area contributed by atoms with Crippen LogP contribution >= 0.6 is 0 Å². The molecule has 1 saturated carbocycles. The van der Waals surface area contributed by atoms with E-state index >= 15 is 0 Å². The van der Waals surface area contributed by atoms with Crippen LogP contribution in [0.5, 0.6) is 0 Å². The number of hydrogen-bond donors (Lipinski definition) is 0. The minimum absolute atomic E-state index is 0.299. The third-order valence-corrected chi connectivity index (χ3v) is 6.92. The van der Waals surface area contributed by atoms with Gasteiger partial charge in [0, 0.05) is 32.6 Å². The Kier molecular flexibility index (Phi) is 6.01. The Morgan fingerprint density at radius 3 is 2.50 bits per heavy atom. The SMILES string of the molecule is Cc1ccc(-n2nnc3c(N4CCN(C(=O)CCC5CCCCC5)CC4)ncnc32)cc1. The lowest BCUT2D eigenvalue weighted by Crippen LogP contribution is -2.49. The van der Waals surface area contributed by atoms with Crippen molar-refractivity contribution in [1.29, 1.82) is 0 Å². The summed E-state index contributed by atoms with van der Waals surface area (Å²) < 4.78 is 1.75. The molecule has 3 aromatic rings. The van der Waals surface area contributed by atoms with Crippen LogP contribution in [0.3, 0.4) is 0 Å². The van der Waals surface area contributed by atoms with Gasteiger partial charge in [-0.1, -0.05) is 55.0 Å². The maximum atomic E-state index is 12.7. The first kappa shape index (κ1) is 20.8. The first-order valence-corrected chi connectivity index (χ1v) is 11.9. The lowest BCUT2D eigenvalue weighted by Gasteiger charge is -2.35. The number of anilines is 1. The normalized spacial score (nSPS) is 17.8. The Balaban J connectivity index is 1.24. The molecule has 0 bridgehead atoms. The summed E-state index contributed by atoms with van der Waals surface area (Å²) in [6, 6.07) is 8.14. The Labute approximate surface area is 188 Å². The van der Waals surface area contributed by atoms with Crippen LogP contribution in [0.15, 0.2) is 30.6 Å². The molecule has 1 aliphatic carbocycles. The summed E-state index contributed by atoms with van der Waals surface area (Å²) in [5, 5.41) is 8.73. The van der Waals surface area contributed by atoms with Gasteiger partial charge in [-0.15, -0.1) is 5.10 Å². The van der Waals surface area contributed by atoms with Crippen molar-refractivity contribution in [3.8, 4) is 5.69 Å². The smallest absolute Gasteiger partial charge is 0.222 e. The summed E-state index contributed by atoms with van der Waals surface area (Å²) in [6.07, 6.45) is 9.94. The third kappa shape index (κ3) is 4.31. The highest BCUT2D eigenvalue weighted by Gasteiger charge is 2.25. The number of nitrogens with zero attached hydrogens (tertiary/aromatic N) is 7. The van der Waals surface area contributed by atoms with Crippen molar-refractivity contribution in [3.05, 3.63) is 36.2 Å². The lowest BCUT2D eigenvalue weighted by atomic mass is 9.86. The first-order chi connectivity index (χ1) is 15.7. The predicted octanol–water partition coefficient (Wildman–Crippen LogP) is 3.53. The average Bonchev–Trinajstić information content (AvgIpc) is 3.28. The molecule has 0 spiro atoms. The van der Waals surface area contributed by atoms with E-state index in [1.54, 1.807) is 11.0 Å². The largest absolute Gasteiger partial charge is 0.351 e. The van der Waals surface area contributed by atoms with E-state index in [4.69, 9.17) is 0 Å². The number of aromatic nitrogens is 5. The van der Waals surface area contributed by atoms with Crippen LogP contribution in [-0.2, 0) is 4.79 Å². The van der Waals surface area contributed by atoms with Crippen LogP contribution < -0.4 is 4.90 Å². The van der Waals surface area contributed by atoms with E-state index in [1.807, 2.05) is 17.0 Å². The van der Waals surface area contributed by atoms with Gasteiger partial charge >= 0.3 is 0 Å². The molecule has 1 saturated heterocycles. The van der Waals surface area contributed by atoms with Gasteiger partial charge in [-0.2, -0.15) is 4.68 Å². The molecule has 8 heteroatoms. The molecule has 5 rings (SSSR count). The molecule has 8 nitrogen and oxygen atoms in total. The van der Waals surface area contributed by atoms with E-state index in [-0.39, 0.29) is 0 Å². The first-order valence-electron chi connectivity index (χ1n) is 11.9. The molecule has 2 fully saturated rings. The van der Waals surface area contributed by atoms with Gasteiger partial charge in [0.25, 0.3) is 0 Å². The number of fused-ring (bicyclic) bond motifs is 1. The maximum Gasteiger partial charge on any atom is 0.222 e. The number of benzene rings is 1. The predicted molar refractivity (Wildman–Crippen MR) is 124 cm³/mol. The van der Waals surface area contributed by atoms with Crippen molar-refractivity contribution in [2.45, 2.75) is 51.9 Å². The minimum Gasteiger partial charge on any atom is -0.351 e. The van der Waals surface area contributed by atoms with Crippen LogP contribution in [0, 0.1) is 12.8 Å². The van der Waals surface area contributed by atoms with Crippen LogP contribution in [0.2, 0.25) is 0 Å². The number of rotatable bonds is 5. The summed E-state index contributed by atoms with van der Waals surface area (Å²) in [7, 11) is 0. The van der Waals surface area contributed by atoms with Gasteiger partial charge in [0.2, 0.25) is 5.91 Å². The van der Waals surface area contributed by atoms with E-state index in [0.29, 0.717) is 23.5 Å². The second-order valence-electron chi connectivity index (χ2n) is 9.12. The van der Waals surface area contributed by atoms with Gasteiger partial charge in [0.1, 0.15) is 6.33 Å². The molecule has 0 N–H and O–H groups in total. The average molecular weight is 434 g/mol. The number of piperazine rings is 1. The van der Waals surface area contributed by atoms with Gasteiger partial charge < -0.3 is 9.80 Å². The zero-order valence-corrected chi connectivity index (χ0v) is 18.8. The monoisotopic (exact) mass is 433 g/mol. The van der Waals surface area contributed by atoms with E-state index in [2.05, 4.69) is 44.2 Å². The summed E-state index contributed by atoms with van der Waals surface area (Å²) in [5.74, 6) is 1.84. The second-order valence-corrected chi connectivity index (χ2v) is 9.12. The molecule has 0 radical (unpaired) electrons. The Hall–Kier alpha value is -3.03. The molecule has 0 atom stereocenters. The molecule has 1 aromatic carbocycles. The highest BCUT2D eigenvalue weighted by atomic mass is 16.2. The molecule has 3 heterocycles. The van der Waals surface area contributed by atoms with Crippen molar-refractivity contribution in [2.24, 2.45) is 5.92 Å². The van der Waals surface area contributed by atoms with Crippen molar-refractivity contribution in [1.82, 2.24) is 29.9 Å². The molecule has 1 aliphatic heterocycles. The molecular formula is C24H31N7O. The zero-order valence-electron chi connectivity index (χ0n) is 18.8. The fourth-order valence-electron chi connectivity index (χ4n) is 4.96. The molecule has 0 unspecified atom stereocenters. The minimum atomic E-state index is 0.299. The molecule has 168 valence electrons. The van der Waals surface area contributed by atoms with Crippen LogP contribution in [-0.4, -0.2) is 61.9 Å². The highest BCUT2D eigenvalue weighted by molar-refractivity contribution is 5.84. The Bertz CT molecular complexity index is 1060. The molecule has 2 aromatic heterocycles. The van der Waals surface area contributed by atoms with E-state index in [0.717, 1.165) is 50.0 Å². The number of amides is 1. The van der Waals surface area contributed by atoms with Gasteiger partial charge in [-0.05, 0) is 31.4 Å². The van der Waals surface area contributed by atoms with Crippen molar-refractivity contribution in [2.75, 3.05) is 31.1 Å². The molecule has 1 amide bonds. The van der Waals surface area contributed by atoms with Gasteiger partial charge in [0.15, 0.2) is 17.0 Å². The van der Waals surface area contributed by atoms with E-state index < -0.39 is 0 Å². The number of hydrogen-bond acceptors (Lipinski definition) is 6. The summed E-state index contributed by atoms with van der Waals surface area (Å²) in [6.45, 7) is 5.00. The summed E-state index contributed by atoms with van der Waals surface area (Å²) in [5.41, 5.74) is 3.52. The molecule has 32 heavy (non-hydrogen) atoms. The number of aryl methyl sites for hydroxylation is 1. The van der Waals surface area contributed by atoms with Crippen molar-refractivity contribution >= 4 is 22.9 Å². The summed E-state index contributed by atoms with van der Waals surface area (Å²) >= 11 is 0. The van der Waals surface area contributed by atoms with Gasteiger partial charge in [-0.25, -0.2) is 9.97 Å². The number of carbonyl (C=O) groups excluding carboxylic acids is 1. The second kappa shape index (κ2) is 9.22. The summed E-state index contributed by atoms with van der Waals surface area (Å²) in [4.78, 5) is 25.9. The van der Waals surface area contributed by atoms with Crippen molar-refractivity contribution in [3.63, 3.8) is 0 Å². The van der Waals surface area contributed by atoms with Crippen LogP contribution in [0.1, 0.15) is 50.5 Å². The van der Waals surface area contributed by atoms with Crippen molar-refractivity contribution < 1.29 is 4.79 Å². The van der Waals surface area contributed by atoms with Crippen LogP contribution in [0.25, 0.3) is 16.9 Å².